The number of nitrogens with one attached hydrogen (secondary N) is 1. The van der Waals surface area contributed by atoms with E-state index in [0.717, 1.165) is 18.2 Å². The molecule has 1 amide bonds. The van der Waals surface area contributed by atoms with Gasteiger partial charge in [0.1, 0.15) is 5.82 Å². The van der Waals surface area contributed by atoms with E-state index in [4.69, 9.17) is 4.74 Å². The number of esters is 1. The van der Waals surface area contributed by atoms with Crippen molar-refractivity contribution in [2.75, 3.05) is 11.9 Å². The van der Waals surface area contributed by atoms with E-state index in [9.17, 15) is 27.2 Å². The van der Waals surface area contributed by atoms with Crippen LogP contribution in [0.25, 0.3) is 0 Å². The summed E-state index contributed by atoms with van der Waals surface area (Å²) in [6.45, 7) is 5.77. The van der Waals surface area contributed by atoms with Crippen molar-refractivity contribution in [3.8, 4) is 11.8 Å². The van der Waals surface area contributed by atoms with Gasteiger partial charge in [0.15, 0.2) is 0 Å². The van der Waals surface area contributed by atoms with Crippen molar-refractivity contribution in [1.29, 1.82) is 0 Å². The molecule has 8 heteroatoms. The van der Waals surface area contributed by atoms with Gasteiger partial charge in [-0.1, -0.05) is 32.6 Å². The molecule has 0 spiro atoms. The van der Waals surface area contributed by atoms with Crippen molar-refractivity contribution >= 4 is 17.6 Å². The van der Waals surface area contributed by atoms with Crippen LogP contribution in [0.2, 0.25) is 0 Å². The van der Waals surface area contributed by atoms with E-state index < -0.39 is 23.3 Å². The molecule has 1 aromatic carbocycles. The molecule has 0 aromatic heterocycles. The predicted molar refractivity (Wildman–Crippen MR) is 92.2 cm³/mol. The predicted octanol–water partition coefficient (Wildman–Crippen LogP) is 4.44. The first-order valence-corrected chi connectivity index (χ1v) is 8.27. The van der Waals surface area contributed by atoms with Gasteiger partial charge in [-0.15, -0.1) is 0 Å². The molecule has 1 rings (SSSR count). The number of anilines is 1. The third-order valence-electron chi connectivity index (χ3n) is 3.37. The van der Waals surface area contributed by atoms with Crippen LogP contribution in [0.4, 0.5) is 23.2 Å². The Kier molecular flexibility index (Phi) is 7.82. The molecule has 0 fully saturated rings. The Bertz CT molecular complexity index is 746. The third kappa shape index (κ3) is 8.11. The average molecular weight is 387 g/mol. The second kappa shape index (κ2) is 9.40. The lowest BCUT2D eigenvalue weighted by Crippen LogP contribution is -2.30. The Morgan fingerprint density at radius 2 is 1.89 bits per heavy atom. The lowest BCUT2D eigenvalue weighted by atomic mass is 9.86. The van der Waals surface area contributed by atoms with E-state index in [1.807, 2.05) is 6.92 Å². The molecule has 0 aliphatic heterocycles. The molecule has 0 saturated heterocycles. The maximum atomic E-state index is 13.4. The van der Waals surface area contributed by atoms with Gasteiger partial charge in [0.05, 0.1) is 24.3 Å². The maximum Gasteiger partial charge on any atom is 0.471 e. The number of rotatable bonds is 6. The summed E-state index contributed by atoms with van der Waals surface area (Å²) in [5.41, 5.74) is -0.871. The van der Waals surface area contributed by atoms with Crippen LogP contribution in [0.1, 0.15) is 45.6 Å². The number of amides is 1. The van der Waals surface area contributed by atoms with E-state index in [-0.39, 0.29) is 30.1 Å². The number of hydrogen-bond donors (Lipinski definition) is 1. The Morgan fingerprint density at radius 1 is 1.22 bits per heavy atom. The molecule has 0 radical (unpaired) electrons. The lowest BCUT2D eigenvalue weighted by molar-refractivity contribution is -0.167. The largest absolute Gasteiger partial charge is 0.471 e. The molecule has 1 N–H and O–H groups in total. The highest BCUT2D eigenvalue weighted by molar-refractivity contribution is 5.96. The fourth-order valence-corrected chi connectivity index (χ4v) is 2.02. The summed E-state index contributed by atoms with van der Waals surface area (Å²) < 4.78 is 55.6. The monoisotopic (exact) mass is 387 g/mol. The summed E-state index contributed by atoms with van der Waals surface area (Å²) >= 11 is 0. The van der Waals surface area contributed by atoms with E-state index in [0.29, 0.717) is 13.0 Å². The van der Waals surface area contributed by atoms with Gasteiger partial charge in [0.25, 0.3) is 0 Å². The van der Waals surface area contributed by atoms with Gasteiger partial charge in [-0.3, -0.25) is 9.59 Å². The van der Waals surface area contributed by atoms with Gasteiger partial charge in [-0.25, -0.2) is 4.39 Å². The van der Waals surface area contributed by atoms with Crippen molar-refractivity contribution in [2.24, 2.45) is 5.41 Å². The first-order valence-electron chi connectivity index (χ1n) is 8.27. The smallest absolute Gasteiger partial charge is 0.466 e. The fourth-order valence-electron chi connectivity index (χ4n) is 2.02. The van der Waals surface area contributed by atoms with Crippen LogP contribution in [0.5, 0.6) is 0 Å². The Labute approximate surface area is 155 Å². The molecule has 148 valence electrons. The molecule has 0 bridgehead atoms. The minimum absolute atomic E-state index is 0.0861. The zero-order valence-corrected chi connectivity index (χ0v) is 15.3. The normalized spacial score (nSPS) is 11.4. The van der Waals surface area contributed by atoms with Gasteiger partial charge < -0.3 is 10.1 Å². The van der Waals surface area contributed by atoms with Crippen LogP contribution in [0, 0.1) is 23.1 Å². The van der Waals surface area contributed by atoms with Crippen molar-refractivity contribution in [1.82, 2.24) is 0 Å². The van der Waals surface area contributed by atoms with Gasteiger partial charge >= 0.3 is 18.1 Å². The number of carbonyl (C=O) groups is 2. The highest BCUT2D eigenvalue weighted by Gasteiger charge is 2.38. The van der Waals surface area contributed by atoms with E-state index in [1.54, 1.807) is 19.2 Å². The Balaban J connectivity index is 2.88. The number of carbonyl (C=O) groups excluding carboxylic acids is 2. The summed E-state index contributed by atoms with van der Waals surface area (Å²) in [6.07, 6.45) is -4.03. The van der Waals surface area contributed by atoms with Gasteiger partial charge in [0, 0.05) is 6.42 Å². The van der Waals surface area contributed by atoms with Crippen LogP contribution in [0.3, 0.4) is 0 Å². The highest BCUT2D eigenvalue weighted by atomic mass is 19.4. The summed E-state index contributed by atoms with van der Waals surface area (Å²) in [4.78, 5) is 22.8. The van der Waals surface area contributed by atoms with Crippen LogP contribution < -0.4 is 5.32 Å². The molecule has 0 aliphatic carbocycles. The molecule has 0 unspecified atom stereocenters. The Hall–Kier alpha value is -2.56. The second-order valence-electron chi connectivity index (χ2n) is 6.68. The molecular weight excluding hydrogens is 366 g/mol. The highest BCUT2D eigenvalue weighted by Crippen LogP contribution is 2.26. The van der Waals surface area contributed by atoms with Crippen molar-refractivity contribution in [3.05, 3.63) is 29.6 Å². The quantitative estimate of drug-likeness (QED) is 0.446. The lowest BCUT2D eigenvalue weighted by Gasteiger charge is -2.20. The molecule has 0 atom stereocenters. The number of alkyl halides is 3. The molecule has 0 aliphatic rings. The fraction of sp³-hybridized carbons (Fsp3) is 0.474. The molecular formula is C19H21F4NO3. The van der Waals surface area contributed by atoms with Gasteiger partial charge in [-0.2, -0.15) is 13.2 Å². The van der Waals surface area contributed by atoms with Gasteiger partial charge in [-0.05, 0) is 30.0 Å². The third-order valence-corrected chi connectivity index (χ3v) is 3.37. The van der Waals surface area contributed by atoms with E-state index in [2.05, 4.69) is 11.8 Å². The van der Waals surface area contributed by atoms with E-state index in [1.165, 1.54) is 0 Å². The number of benzene rings is 1. The second-order valence-corrected chi connectivity index (χ2v) is 6.68. The first kappa shape index (κ1) is 22.5. The maximum absolute atomic E-state index is 13.4. The number of hydrogen-bond acceptors (Lipinski definition) is 3. The van der Waals surface area contributed by atoms with Crippen LogP contribution in [-0.4, -0.2) is 24.7 Å². The summed E-state index contributed by atoms with van der Waals surface area (Å²) in [7, 11) is 0. The number of halogens is 4. The SMILES string of the molecule is CCCOC(=O)CC(C)(C)CC#Cc1cc(F)ccc1NC(=O)C(F)(F)F. The zero-order chi connectivity index (χ0) is 20.7. The van der Waals surface area contributed by atoms with Crippen LogP contribution in [-0.2, 0) is 14.3 Å². The summed E-state index contributed by atoms with van der Waals surface area (Å²) in [5, 5.41) is 1.67. The summed E-state index contributed by atoms with van der Waals surface area (Å²) in [6, 6.07) is 2.86. The van der Waals surface area contributed by atoms with Crippen molar-refractivity contribution in [2.45, 2.75) is 46.2 Å². The molecule has 4 nitrogen and oxygen atoms in total. The topological polar surface area (TPSA) is 55.4 Å². The molecule has 0 saturated carbocycles. The molecule has 0 heterocycles. The van der Waals surface area contributed by atoms with Crippen molar-refractivity contribution in [3.63, 3.8) is 0 Å². The van der Waals surface area contributed by atoms with Crippen LogP contribution >= 0.6 is 0 Å². The summed E-state index contributed by atoms with van der Waals surface area (Å²) in [5.74, 6) is 2.04. The average Bonchev–Trinajstić information content (AvgIpc) is 2.53. The van der Waals surface area contributed by atoms with Gasteiger partial charge in [0.2, 0.25) is 0 Å². The molecule has 27 heavy (non-hydrogen) atoms. The standard InChI is InChI=1S/C19H21F4NO3/c1-4-10-27-16(25)12-18(2,3)9-5-6-13-11-14(20)7-8-15(13)24-17(26)19(21,22)23/h7-8,11H,4,9-10,12H2,1-3H3,(H,24,26). The minimum Gasteiger partial charge on any atom is -0.466 e. The van der Waals surface area contributed by atoms with Crippen molar-refractivity contribution < 1.29 is 31.9 Å². The van der Waals surface area contributed by atoms with Crippen LogP contribution in [0.15, 0.2) is 18.2 Å². The Morgan fingerprint density at radius 3 is 2.48 bits per heavy atom. The first-order chi connectivity index (χ1) is 12.4. The molecule has 1 aromatic rings. The van der Waals surface area contributed by atoms with E-state index >= 15 is 0 Å². The minimum atomic E-state index is -5.07. The zero-order valence-electron chi connectivity index (χ0n) is 15.3. The number of ether oxygens (including phenoxy) is 1.